The van der Waals surface area contributed by atoms with Crippen LogP contribution in [-0.4, -0.2) is 71.9 Å². The standard InChI is InChI=1S/C23H44N4O6Si/c1-17(33-34(8,9)23(5,6)7)19(20-26-24-16-31-20)25-18(29)15-27(13-11-10-12-14-28)21(30)32-22(2,3)4/h16-17,19,28H,10-15H2,1-9H3,(H,25,29)/t17-,19+/m1/s1. The van der Waals surface area contributed by atoms with E-state index >= 15 is 0 Å². The molecule has 2 N–H and O–H groups in total. The minimum Gasteiger partial charge on any atom is -0.444 e. The summed E-state index contributed by atoms with van der Waals surface area (Å²) in [5.74, 6) is -0.145. The summed E-state index contributed by atoms with van der Waals surface area (Å²) in [4.78, 5) is 27.1. The van der Waals surface area contributed by atoms with E-state index in [1.807, 2.05) is 6.92 Å². The molecule has 0 aliphatic rings. The molecule has 1 aromatic rings. The Morgan fingerprint density at radius 2 is 1.82 bits per heavy atom. The van der Waals surface area contributed by atoms with Gasteiger partial charge in [-0.25, -0.2) is 4.79 Å². The second kappa shape index (κ2) is 12.6. The Labute approximate surface area is 204 Å². The van der Waals surface area contributed by atoms with Crippen molar-refractivity contribution in [2.24, 2.45) is 0 Å². The van der Waals surface area contributed by atoms with Crippen molar-refractivity contribution in [1.29, 1.82) is 0 Å². The molecule has 196 valence electrons. The van der Waals surface area contributed by atoms with Crippen molar-refractivity contribution in [3.63, 3.8) is 0 Å². The first-order valence-electron chi connectivity index (χ1n) is 11.9. The summed E-state index contributed by atoms with van der Waals surface area (Å²) in [6.07, 6.45) is 2.23. The smallest absolute Gasteiger partial charge is 0.410 e. The van der Waals surface area contributed by atoms with Crippen LogP contribution in [0.1, 0.15) is 79.7 Å². The molecule has 0 saturated heterocycles. The third kappa shape index (κ3) is 10.1. The van der Waals surface area contributed by atoms with Crippen LogP contribution in [0.4, 0.5) is 4.79 Å². The van der Waals surface area contributed by atoms with Crippen LogP contribution in [-0.2, 0) is 14.0 Å². The van der Waals surface area contributed by atoms with Crippen LogP contribution in [0.5, 0.6) is 0 Å². The van der Waals surface area contributed by atoms with Gasteiger partial charge in [0.15, 0.2) is 8.32 Å². The highest BCUT2D eigenvalue weighted by molar-refractivity contribution is 6.74. The molecule has 0 fully saturated rings. The number of carbonyl (C=O) groups is 2. The molecule has 0 aromatic carbocycles. The SMILES string of the molecule is C[C@@H](O[Si](C)(C)C(C)(C)C)[C@H](NC(=O)CN(CCCCCO)C(=O)OC(C)(C)C)c1nnco1. The number of aliphatic hydroxyl groups excluding tert-OH is 1. The van der Waals surface area contributed by atoms with Crippen molar-refractivity contribution in [3.8, 4) is 0 Å². The van der Waals surface area contributed by atoms with Crippen molar-refractivity contribution in [2.45, 2.75) is 104 Å². The van der Waals surface area contributed by atoms with E-state index in [1.54, 1.807) is 20.8 Å². The van der Waals surface area contributed by atoms with Gasteiger partial charge in [0.05, 0.1) is 6.10 Å². The van der Waals surface area contributed by atoms with Gasteiger partial charge in [-0.3, -0.25) is 9.69 Å². The van der Waals surface area contributed by atoms with Crippen molar-refractivity contribution in [3.05, 3.63) is 12.3 Å². The minimum absolute atomic E-state index is 0.0211. The van der Waals surface area contributed by atoms with E-state index in [1.165, 1.54) is 11.3 Å². The first kappa shape index (κ1) is 30.0. The molecule has 34 heavy (non-hydrogen) atoms. The molecule has 1 rings (SSSR count). The van der Waals surface area contributed by atoms with Crippen LogP contribution in [0.25, 0.3) is 0 Å². The molecule has 11 heteroatoms. The lowest BCUT2D eigenvalue weighted by Gasteiger charge is -2.40. The highest BCUT2D eigenvalue weighted by atomic mass is 28.4. The van der Waals surface area contributed by atoms with Gasteiger partial charge >= 0.3 is 6.09 Å². The minimum atomic E-state index is -2.14. The zero-order valence-electron chi connectivity index (χ0n) is 22.3. The molecular weight excluding hydrogens is 456 g/mol. The zero-order valence-corrected chi connectivity index (χ0v) is 23.3. The van der Waals surface area contributed by atoms with Crippen LogP contribution in [0.15, 0.2) is 10.8 Å². The van der Waals surface area contributed by atoms with Crippen molar-refractivity contribution in [1.82, 2.24) is 20.4 Å². The van der Waals surface area contributed by atoms with E-state index in [0.717, 1.165) is 6.42 Å². The predicted molar refractivity (Wildman–Crippen MR) is 132 cm³/mol. The molecule has 0 saturated carbocycles. The Kier molecular flexibility index (Phi) is 11.2. The Morgan fingerprint density at radius 1 is 1.18 bits per heavy atom. The lowest BCUT2D eigenvalue weighted by atomic mass is 10.2. The van der Waals surface area contributed by atoms with Crippen molar-refractivity contribution in [2.75, 3.05) is 19.7 Å². The van der Waals surface area contributed by atoms with Gasteiger partial charge in [0.25, 0.3) is 0 Å². The maximum Gasteiger partial charge on any atom is 0.410 e. The van der Waals surface area contributed by atoms with Gasteiger partial charge in [0, 0.05) is 13.2 Å². The van der Waals surface area contributed by atoms with E-state index in [0.29, 0.717) is 19.4 Å². The number of unbranched alkanes of at least 4 members (excludes halogenated alkanes) is 2. The van der Waals surface area contributed by atoms with E-state index in [2.05, 4.69) is 49.4 Å². The Hall–Kier alpha value is -1.98. The fourth-order valence-corrected chi connectivity index (χ4v) is 4.37. The van der Waals surface area contributed by atoms with E-state index < -0.39 is 32.2 Å². The fraction of sp³-hybridized carbons (Fsp3) is 0.826. The monoisotopic (exact) mass is 500 g/mol. The van der Waals surface area contributed by atoms with Gasteiger partial charge in [-0.15, -0.1) is 10.2 Å². The average molecular weight is 501 g/mol. The second-order valence-corrected chi connectivity index (χ2v) is 15.8. The van der Waals surface area contributed by atoms with Gasteiger partial charge in [0.1, 0.15) is 18.2 Å². The molecule has 2 atom stereocenters. The van der Waals surface area contributed by atoms with Gasteiger partial charge in [-0.1, -0.05) is 20.8 Å². The quantitative estimate of drug-likeness (QED) is 0.325. The number of carbonyl (C=O) groups excluding carboxylic acids is 2. The molecular formula is C23H44N4O6Si. The number of amides is 2. The number of rotatable bonds is 12. The molecule has 0 bridgehead atoms. The summed E-state index contributed by atoms with van der Waals surface area (Å²) < 4.78 is 17.3. The number of hydrogen-bond acceptors (Lipinski definition) is 8. The van der Waals surface area contributed by atoms with Crippen LogP contribution in [0, 0.1) is 0 Å². The van der Waals surface area contributed by atoms with Crippen LogP contribution in [0.3, 0.4) is 0 Å². The Morgan fingerprint density at radius 3 is 2.32 bits per heavy atom. The zero-order chi connectivity index (χ0) is 26.2. The molecule has 10 nitrogen and oxygen atoms in total. The number of nitrogens with one attached hydrogen (secondary N) is 1. The molecule has 0 radical (unpaired) electrons. The van der Waals surface area contributed by atoms with E-state index in [4.69, 9.17) is 18.7 Å². The van der Waals surface area contributed by atoms with Crippen LogP contribution < -0.4 is 5.32 Å². The topological polar surface area (TPSA) is 127 Å². The van der Waals surface area contributed by atoms with Crippen LogP contribution in [0.2, 0.25) is 18.1 Å². The van der Waals surface area contributed by atoms with Crippen LogP contribution >= 0.6 is 0 Å². The summed E-state index contributed by atoms with van der Waals surface area (Å²) in [5, 5.41) is 19.6. The normalized spacial score (nSPS) is 14.4. The highest BCUT2D eigenvalue weighted by Gasteiger charge is 2.41. The van der Waals surface area contributed by atoms with E-state index in [9.17, 15) is 9.59 Å². The Bertz CT molecular complexity index is 759. The van der Waals surface area contributed by atoms with Crippen molar-refractivity contribution < 1.29 is 28.3 Å². The van der Waals surface area contributed by atoms with Gasteiger partial charge in [-0.05, 0) is 65.1 Å². The summed E-state index contributed by atoms with van der Waals surface area (Å²) in [6.45, 7) is 18.1. The third-order valence-corrected chi connectivity index (χ3v) is 10.4. The summed E-state index contributed by atoms with van der Waals surface area (Å²) >= 11 is 0. The first-order valence-corrected chi connectivity index (χ1v) is 14.8. The van der Waals surface area contributed by atoms with Gasteiger partial charge in [0.2, 0.25) is 18.2 Å². The number of hydrogen-bond donors (Lipinski definition) is 2. The molecule has 0 aliphatic heterocycles. The number of ether oxygens (including phenoxy) is 1. The maximum atomic E-state index is 13.1. The second-order valence-electron chi connectivity index (χ2n) is 11.1. The molecule has 0 unspecified atom stereocenters. The summed E-state index contributed by atoms with van der Waals surface area (Å²) in [6, 6.07) is -0.668. The van der Waals surface area contributed by atoms with E-state index in [-0.39, 0.29) is 30.0 Å². The van der Waals surface area contributed by atoms with Gasteiger partial charge < -0.3 is 24.0 Å². The third-order valence-electron chi connectivity index (χ3n) is 5.79. The highest BCUT2D eigenvalue weighted by Crippen LogP contribution is 2.38. The lowest BCUT2D eigenvalue weighted by molar-refractivity contribution is -0.124. The molecule has 0 aliphatic carbocycles. The lowest BCUT2D eigenvalue weighted by Crippen LogP contribution is -2.49. The number of nitrogens with zero attached hydrogens (tertiary/aromatic N) is 3. The molecule has 1 heterocycles. The Balaban J connectivity index is 2.98. The average Bonchev–Trinajstić information content (AvgIpc) is 3.20. The first-order chi connectivity index (χ1) is 15.6. The molecule has 2 amide bonds. The summed E-state index contributed by atoms with van der Waals surface area (Å²) in [5.41, 5.74) is -0.686. The molecule has 1 aromatic heterocycles. The van der Waals surface area contributed by atoms with Gasteiger partial charge in [-0.2, -0.15) is 0 Å². The summed E-state index contributed by atoms with van der Waals surface area (Å²) in [7, 11) is -2.14. The largest absolute Gasteiger partial charge is 0.444 e. The fourth-order valence-electron chi connectivity index (χ4n) is 2.95. The molecule has 0 spiro atoms. The number of aliphatic hydroxyl groups is 1. The van der Waals surface area contributed by atoms with Crippen molar-refractivity contribution >= 4 is 20.3 Å². The number of aromatic nitrogens is 2. The predicted octanol–water partition coefficient (Wildman–Crippen LogP) is 4.04. The maximum absolute atomic E-state index is 13.1.